The number of amides is 1. The summed E-state index contributed by atoms with van der Waals surface area (Å²) in [5.74, 6) is -1.97. The molecular formula is C17H17ClF2N2O. The van der Waals surface area contributed by atoms with Crippen LogP contribution in [0.1, 0.15) is 24.1 Å². The van der Waals surface area contributed by atoms with Crippen LogP contribution < -0.4 is 10.6 Å². The van der Waals surface area contributed by atoms with Gasteiger partial charge >= 0.3 is 0 Å². The predicted molar refractivity (Wildman–Crippen MR) is 86.1 cm³/mol. The molecule has 1 atom stereocenters. The van der Waals surface area contributed by atoms with Crippen LogP contribution >= 0.6 is 11.6 Å². The van der Waals surface area contributed by atoms with Gasteiger partial charge < -0.3 is 10.6 Å². The first-order valence-corrected chi connectivity index (χ1v) is 7.53. The maximum atomic E-state index is 13.2. The van der Waals surface area contributed by atoms with Gasteiger partial charge in [0.25, 0.3) is 0 Å². The van der Waals surface area contributed by atoms with Gasteiger partial charge in [0.15, 0.2) is 11.6 Å². The standard InChI is InChI=1S/C17H17ClF2N2O/c1-11(13-4-7-15(19)16(20)8-13)21-10-17(23)22-9-12-2-5-14(18)6-3-12/h2-8,11,21H,9-10H2,1H3,(H,22,23)/t11-/m0/s1. The number of hydrogen-bond donors (Lipinski definition) is 2. The summed E-state index contributed by atoms with van der Waals surface area (Å²) < 4.78 is 26.1. The Balaban J connectivity index is 1.79. The van der Waals surface area contributed by atoms with E-state index in [2.05, 4.69) is 10.6 Å². The average molecular weight is 339 g/mol. The van der Waals surface area contributed by atoms with Crippen molar-refractivity contribution in [2.75, 3.05) is 6.54 Å². The summed E-state index contributed by atoms with van der Waals surface area (Å²) in [4.78, 5) is 11.8. The van der Waals surface area contributed by atoms with E-state index >= 15 is 0 Å². The smallest absolute Gasteiger partial charge is 0.234 e. The van der Waals surface area contributed by atoms with E-state index < -0.39 is 11.6 Å². The highest BCUT2D eigenvalue weighted by molar-refractivity contribution is 6.30. The van der Waals surface area contributed by atoms with Gasteiger partial charge in [-0.05, 0) is 42.3 Å². The van der Waals surface area contributed by atoms with Crippen molar-refractivity contribution in [3.05, 3.63) is 70.2 Å². The Morgan fingerprint density at radius 3 is 2.48 bits per heavy atom. The molecule has 2 aromatic carbocycles. The monoisotopic (exact) mass is 338 g/mol. The van der Waals surface area contributed by atoms with Crippen molar-refractivity contribution >= 4 is 17.5 Å². The molecule has 0 heterocycles. The third kappa shape index (κ3) is 5.30. The fourth-order valence-corrected chi connectivity index (χ4v) is 2.14. The third-order valence-corrected chi connectivity index (χ3v) is 3.67. The molecule has 0 aliphatic heterocycles. The minimum Gasteiger partial charge on any atom is -0.351 e. The summed E-state index contributed by atoms with van der Waals surface area (Å²) >= 11 is 5.79. The zero-order valence-electron chi connectivity index (χ0n) is 12.6. The summed E-state index contributed by atoms with van der Waals surface area (Å²) in [5, 5.41) is 6.38. The second-order valence-electron chi connectivity index (χ2n) is 5.18. The van der Waals surface area contributed by atoms with Crippen LogP contribution in [-0.2, 0) is 11.3 Å². The van der Waals surface area contributed by atoms with E-state index in [-0.39, 0.29) is 18.5 Å². The quantitative estimate of drug-likeness (QED) is 0.845. The van der Waals surface area contributed by atoms with Crippen molar-refractivity contribution in [3.63, 3.8) is 0 Å². The normalized spacial score (nSPS) is 12.0. The fraction of sp³-hybridized carbons (Fsp3) is 0.235. The van der Waals surface area contributed by atoms with Crippen LogP contribution in [0.25, 0.3) is 0 Å². The van der Waals surface area contributed by atoms with E-state index in [1.807, 2.05) is 12.1 Å². The average Bonchev–Trinajstić information content (AvgIpc) is 2.54. The van der Waals surface area contributed by atoms with E-state index in [0.717, 1.165) is 17.7 Å². The minimum absolute atomic E-state index is 0.0771. The maximum Gasteiger partial charge on any atom is 0.234 e. The third-order valence-electron chi connectivity index (χ3n) is 3.42. The molecule has 2 N–H and O–H groups in total. The number of carbonyl (C=O) groups is 1. The summed E-state index contributed by atoms with van der Waals surface area (Å²) in [5.41, 5.74) is 1.52. The summed E-state index contributed by atoms with van der Waals surface area (Å²) in [6, 6.07) is 10.6. The molecule has 6 heteroatoms. The van der Waals surface area contributed by atoms with E-state index in [0.29, 0.717) is 17.1 Å². The van der Waals surface area contributed by atoms with Gasteiger partial charge in [-0.15, -0.1) is 0 Å². The number of carbonyl (C=O) groups excluding carboxylic acids is 1. The van der Waals surface area contributed by atoms with E-state index in [1.165, 1.54) is 6.07 Å². The molecule has 23 heavy (non-hydrogen) atoms. The fourth-order valence-electron chi connectivity index (χ4n) is 2.01. The van der Waals surface area contributed by atoms with Gasteiger partial charge in [0.1, 0.15) is 0 Å². The topological polar surface area (TPSA) is 41.1 Å². The molecule has 0 saturated heterocycles. The predicted octanol–water partition coefficient (Wildman–Crippen LogP) is 3.59. The Bertz CT molecular complexity index is 677. The van der Waals surface area contributed by atoms with Crippen LogP contribution in [0.4, 0.5) is 8.78 Å². The van der Waals surface area contributed by atoms with Crippen molar-refractivity contribution < 1.29 is 13.6 Å². The van der Waals surface area contributed by atoms with Crippen molar-refractivity contribution in [1.29, 1.82) is 0 Å². The maximum absolute atomic E-state index is 13.2. The first-order valence-electron chi connectivity index (χ1n) is 7.15. The Kier molecular flexibility index (Phi) is 6.07. The zero-order valence-corrected chi connectivity index (χ0v) is 13.3. The lowest BCUT2D eigenvalue weighted by Gasteiger charge is -2.14. The molecule has 122 valence electrons. The van der Waals surface area contributed by atoms with Crippen LogP contribution in [-0.4, -0.2) is 12.5 Å². The number of hydrogen-bond acceptors (Lipinski definition) is 2. The molecule has 0 saturated carbocycles. The molecule has 0 radical (unpaired) electrons. The summed E-state index contributed by atoms with van der Waals surface area (Å²) in [6.45, 7) is 2.25. The lowest BCUT2D eigenvalue weighted by molar-refractivity contribution is -0.120. The number of benzene rings is 2. The molecule has 3 nitrogen and oxygen atoms in total. The number of rotatable bonds is 6. The first-order chi connectivity index (χ1) is 11.0. The second kappa shape index (κ2) is 8.04. The number of nitrogens with one attached hydrogen (secondary N) is 2. The molecule has 0 aliphatic rings. The SMILES string of the molecule is C[C@H](NCC(=O)NCc1ccc(Cl)cc1)c1ccc(F)c(F)c1. The zero-order chi connectivity index (χ0) is 16.8. The lowest BCUT2D eigenvalue weighted by atomic mass is 10.1. The highest BCUT2D eigenvalue weighted by atomic mass is 35.5. The Morgan fingerprint density at radius 1 is 1.13 bits per heavy atom. The molecular weight excluding hydrogens is 322 g/mol. The largest absolute Gasteiger partial charge is 0.351 e. The van der Waals surface area contributed by atoms with E-state index in [1.54, 1.807) is 19.1 Å². The lowest BCUT2D eigenvalue weighted by Crippen LogP contribution is -2.34. The van der Waals surface area contributed by atoms with Gasteiger partial charge in [-0.25, -0.2) is 8.78 Å². The molecule has 0 aromatic heterocycles. The molecule has 2 rings (SSSR count). The van der Waals surface area contributed by atoms with Gasteiger partial charge in [-0.2, -0.15) is 0 Å². The number of halogens is 3. The van der Waals surface area contributed by atoms with Crippen LogP contribution in [0, 0.1) is 11.6 Å². The highest BCUT2D eigenvalue weighted by Gasteiger charge is 2.10. The van der Waals surface area contributed by atoms with Gasteiger partial charge in [0.05, 0.1) is 6.54 Å². The highest BCUT2D eigenvalue weighted by Crippen LogP contribution is 2.15. The van der Waals surface area contributed by atoms with E-state index in [4.69, 9.17) is 11.6 Å². The van der Waals surface area contributed by atoms with Gasteiger partial charge in [-0.3, -0.25) is 4.79 Å². The Hall–Kier alpha value is -1.98. The van der Waals surface area contributed by atoms with Crippen molar-refractivity contribution in [2.24, 2.45) is 0 Å². The van der Waals surface area contributed by atoms with Crippen LogP contribution in [0.2, 0.25) is 5.02 Å². The van der Waals surface area contributed by atoms with Gasteiger partial charge in [0.2, 0.25) is 5.91 Å². The first kappa shape index (κ1) is 17.4. The van der Waals surface area contributed by atoms with Crippen LogP contribution in [0.5, 0.6) is 0 Å². The molecule has 2 aromatic rings. The second-order valence-corrected chi connectivity index (χ2v) is 5.62. The van der Waals surface area contributed by atoms with Crippen molar-refractivity contribution in [1.82, 2.24) is 10.6 Å². The molecule has 0 spiro atoms. The molecule has 0 fully saturated rings. The van der Waals surface area contributed by atoms with Crippen molar-refractivity contribution in [2.45, 2.75) is 19.5 Å². The van der Waals surface area contributed by atoms with Crippen LogP contribution in [0.15, 0.2) is 42.5 Å². The Morgan fingerprint density at radius 2 is 1.83 bits per heavy atom. The molecule has 0 unspecified atom stereocenters. The molecule has 1 amide bonds. The summed E-state index contributed by atoms with van der Waals surface area (Å²) in [6.07, 6.45) is 0. The van der Waals surface area contributed by atoms with E-state index in [9.17, 15) is 13.6 Å². The molecule has 0 aliphatic carbocycles. The van der Waals surface area contributed by atoms with Crippen LogP contribution in [0.3, 0.4) is 0 Å². The minimum atomic E-state index is -0.900. The Labute approximate surface area is 138 Å². The van der Waals surface area contributed by atoms with Gasteiger partial charge in [0, 0.05) is 17.6 Å². The van der Waals surface area contributed by atoms with Gasteiger partial charge in [-0.1, -0.05) is 29.8 Å². The van der Waals surface area contributed by atoms with Crippen molar-refractivity contribution in [3.8, 4) is 0 Å². The summed E-state index contributed by atoms with van der Waals surface area (Å²) in [7, 11) is 0. The molecule has 0 bridgehead atoms.